The van der Waals surface area contributed by atoms with Gasteiger partial charge in [0, 0.05) is 4.88 Å². The van der Waals surface area contributed by atoms with Gasteiger partial charge in [-0.1, -0.05) is 23.8 Å². The highest BCUT2D eigenvalue weighted by molar-refractivity contribution is 7.92. The molecule has 9 heteroatoms. The highest BCUT2D eigenvalue weighted by Crippen LogP contribution is 2.24. The molecule has 3 aromatic rings. The molecule has 0 spiro atoms. The predicted molar refractivity (Wildman–Crippen MR) is 117 cm³/mol. The first-order valence-corrected chi connectivity index (χ1v) is 11.3. The number of nitrogens with one attached hydrogen (secondary N) is 1. The van der Waals surface area contributed by atoms with E-state index in [0.717, 1.165) is 26.9 Å². The van der Waals surface area contributed by atoms with E-state index in [1.54, 1.807) is 31.2 Å². The fourth-order valence-electron chi connectivity index (χ4n) is 2.61. The largest absolute Gasteiger partial charge is 0.271 e. The van der Waals surface area contributed by atoms with Gasteiger partial charge in [-0.2, -0.15) is 5.10 Å². The Morgan fingerprint density at radius 3 is 2.37 bits per heavy atom. The van der Waals surface area contributed by atoms with E-state index in [0.29, 0.717) is 11.4 Å². The molecule has 3 rings (SSSR count). The molecule has 1 heterocycles. The van der Waals surface area contributed by atoms with E-state index in [1.807, 2.05) is 24.4 Å². The summed E-state index contributed by atoms with van der Waals surface area (Å²) < 4.78 is 40.6. The number of anilines is 1. The van der Waals surface area contributed by atoms with Crippen LogP contribution in [-0.4, -0.2) is 26.6 Å². The number of hydrogen-bond acceptors (Lipinski definition) is 5. The molecule has 0 atom stereocenters. The minimum absolute atomic E-state index is 0.115. The molecule has 6 nitrogen and oxygen atoms in total. The van der Waals surface area contributed by atoms with Crippen molar-refractivity contribution in [3.63, 3.8) is 0 Å². The number of thiophene rings is 1. The van der Waals surface area contributed by atoms with Crippen molar-refractivity contribution in [3.8, 4) is 0 Å². The number of halogens is 1. The SMILES string of the molecule is C/C(=N/NC(=O)CN(c1ccc(C)cc1)S(=O)(=O)c1ccc(F)cc1)c1cccs1. The zero-order valence-electron chi connectivity index (χ0n) is 16.4. The fraction of sp³-hybridized carbons (Fsp3) is 0.143. The normalized spacial score (nSPS) is 11.9. The number of aryl methyl sites for hydroxylation is 1. The zero-order chi connectivity index (χ0) is 21.7. The summed E-state index contributed by atoms with van der Waals surface area (Å²) in [6, 6.07) is 14.9. The first-order chi connectivity index (χ1) is 14.3. The summed E-state index contributed by atoms with van der Waals surface area (Å²) >= 11 is 1.48. The van der Waals surface area contributed by atoms with Crippen LogP contribution >= 0.6 is 11.3 Å². The highest BCUT2D eigenvalue weighted by Gasteiger charge is 2.27. The van der Waals surface area contributed by atoms with Crippen LogP contribution in [0.4, 0.5) is 10.1 Å². The van der Waals surface area contributed by atoms with Crippen molar-refractivity contribution in [2.45, 2.75) is 18.7 Å². The average molecular weight is 446 g/mol. The molecule has 0 bridgehead atoms. The van der Waals surface area contributed by atoms with Crippen LogP contribution in [-0.2, 0) is 14.8 Å². The second-order valence-electron chi connectivity index (χ2n) is 6.51. The second kappa shape index (κ2) is 9.19. The number of rotatable bonds is 7. The van der Waals surface area contributed by atoms with E-state index in [2.05, 4.69) is 10.5 Å². The number of amides is 1. The molecule has 1 amide bonds. The van der Waals surface area contributed by atoms with Crippen LogP contribution in [0.15, 0.2) is 76.0 Å². The van der Waals surface area contributed by atoms with Crippen molar-refractivity contribution in [2.24, 2.45) is 5.10 Å². The Kier molecular flexibility index (Phi) is 6.63. The minimum atomic E-state index is -4.10. The molecule has 30 heavy (non-hydrogen) atoms. The van der Waals surface area contributed by atoms with Gasteiger partial charge in [0.15, 0.2) is 0 Å². The molecule has 0 fully saturated rings. The monoisotopic (exact) mass is 445 g/mol. The average Bonchev–Trinajstić information content (AvgIpc) is 3.26. The third-order valence-electron chi connectivity index (χ3n) is 4.24. The molecule has 2 aromatic carbocycles. The van der Waals surface area contributed by atoms with Gasteiger partial charge in [0.1, 0.15) is 12.4 Å². The molecule has 0 aliphatic carbocycles. The van der Waals surface area contributed by atoms with Gasteiger partial charge in [-0.15, -0.1) is 11.3 Å². The summed E-state index contributed by atoms with van der Waals surface area (Å²) in [5.41, 5.74) is 4.28. The van der Waals surface area contributed by atoms with Gasteiger partial charge in [-0.25, -0.2) is 18.2 Å². The zero-order valence-corrected chi connectivity index (χ0v) is 18.0. The number of sulfonamides is 1. The Balaban J connectivity index is 1.88. The van der Waals surface area contributed by atoms with Gasteiger partial charge in [-0.3, -0.25) is 9.10 Å². The van der Waals surface area contributed by atoms with E-state index in [1.165, 1.54) is 23.5 Å². The first-order valence-electron chi connectivity index (χ1n) is 8.99. The van der Waals surface area contributed by atoms with Gasteiger partial charge in [0.05, 0.1) is 16.3 Å². The van der Waals surface area contributed by atoms with Gasteiger partial charge in [-0.05, 0) is 61.7 Å². The van der Waals surface area contributed by atoms with Crippen LogP contribution in [0.2, 0.25) is 0 Å². The van der Waals surface area contributed by atoms with Gasteiger partial charge in [0.2, 0.25) is 0 Å². The molecule has 0 radical (unpaired) electrons. The second-order valence-corrected chi connectivity index (χ2v) is 9.32. The topological polar surface area (TPSA) is 78.8 Å². The molecule has 156 valence electrons. The number of nitrogens with zero attached hydrogens (tertiary/aromatic N) is 2. The summed E-state index contributed by atoms with van der Waals surface area (Å²) in [7, 11) is -4.10. The van der Waals surface area contributed by atoms with Crippen LogP contribution < -0.4 is 9.73 Å². The highest BCUT2D eigenvalue weighted by atomic mass is 32.2. The van der Waals surface area contributed by atoms with Crippen molar-refractivity contribution >= 4 is 38.7 Å². The number of carbonyl (C=O) groups excluding carboxylic acids is 1. The first kappa shape index (κ1) is 21.7. The molecule has 0 saturated carbocycles. The summed E-state index contributed by atoms with van der Waals surface area (Å²) in [6.07, 6.45) is 0. The Hall–Kier alpha value is -3.04. The number of hydrogen-bond donors (Lipinski definition) is 1. The van der Waals surface area contributed by atoms with E-state index in [9.17, 15) is 17.6 Å². The Labute approximate surface area is 178 Å². The lowest BCUT2D eigenvalue weighted by Crippen LogP contribution is -2.39. The summed E-state index contributed by atoms with van der Waals surface area (Å²) in [5.74, 6) is -1.15. The maximum atomic E-state index is 13.3. The Morgan fingerprint density at radius 2 is 1.77 bits per heavy atom. The Bertz CT molecular complexity index is 1140. The third kappa shape index (κ3) is 5.11. The number of hydrazone groups is 1. The van der Waals surface area contributed by atoms with E-state index in [-0.39, 0.29) is 4.90 Å². The standard InChI is InChI=1S/C21H20FN3O3S2/c1-15-5-9-18(10-6-15)25(30(27,28)19-11-7-17(22)8-12-19)14-21(26)24-23-16(2)20-4-3-13-29-20/h3-13H,14H2,1-2H3,(H,24,26)/b23-16-. The van der Waals surface area contributed by atoms with E-state index in [4.69, 9.17) is 0 Å². The van der Waals surface area contributed by atoms with Gasteiger partial charge in [0.25, 0.3) is 15.9 Å². The fourth-order valence-corrected chi connectivity index (χ4v) is 4.71. The maximum Gasteiger partial charge on any atom is 0.264 e. The van der Waals surface area contributed by atoms with Crippen LogP contribution in [0.5, 0.6) is 0 Å². The smallest absolute Gasteiger partial charge is 0.264 e. The molecular formula is C21H20FN3O3S2. The lowest BCUT2D eigenvalue weighted by atomic mass is 10.2. The lowest BCUT2D eigenvalue weighted by Gasteiger charge is -2.24. The summed E-state index contributed by atoms with van der Waals surface area (Å²) in [4.78, 5) is 13.3. The Morgan fingerprint density at radius 1 is 1.10 bits per heavy atom. The minimum Gasteiger partial charge on any atom is -0.271 e. The van der Waals surface area contributed by atoms with Gasteiger partial charge >= 0.3 is 0 Å². The molecule has 0 aliphatic rings. The molecule has 1 N–H and O–H groups in total. The quantitative estimate of drug-likeness (QED) is 0.442. The van der Waals surface area contributed by atoms with Crippen LogP contribution in [0, 0.1) is 12.7 Å². The summed E-state index contributed by atoms with van der Waals surface area (Å²) in [5, 5.41) is 5.94. The third-order valence-corrected chi connectivity index (χ3v) is 7.00. The predicted octanol–water partition coefficient (Wildman–Crippen LogP) is 3.93. The molecule has 0 unspecified atom stereocenters. The van der Waals surface area contributed by atoms with Crippen molar-refractivity contribution in [1.82, 2.24) is 5.43 Å². The van der Waals surface area contributed by atoms with Crippen molar-refractivity contribution in [1.29, 1.82) is 0 Å². The van der Waals surface area contributed by atoms with Crippen molar-refractivity contribution in [2.75, 3.05) is 10.8 Å². The molecule has 0 saturated heterocycles. The van der Waals surface area contributed by atoms with Gasteiger partial charge < -0.3 is 0 Å². The maximum absolute atomic E-state index is 13.3. The molecule has 1 aromatic heterocycles. The summed E-state index contributed by atoms with van der Waals surface area (Å²) in [6.45, 7) is 3.14. The van der Waals surface area contributed by atoms with E-state index < -0.39 is 28.3 Å². The number of benzene rings is 2. The molecular weight excluding hydrogens is 425 g/mol. The lowest BCUT2D eigenvalue weighted by molar-refractivity contribution is -0.119. The van der Waals surface area contributed by atoms with Crippen molar-refractivity contribution < 1.29 is 17.6 Å². The number of carbonyl (C=O) groups is 1. The van der Waals surface area contributed by atoms with E-state index >= 15 is 0 Å². The van der Waals surface area contributed by atoms with Crippen LogP contribution in [0.1, 0.15) is 17.4 Å². The van der Waals surface area contributed by atoms with Crippen molar-refractivity contribution in [3.05, 3.63) is 82.3 Å². The molecule has 0 aliphatic heterocycles. The van der Waals surface area contributed by atoms with Crippen LogP contribution in [0.3, 0.4) is 0 Å². The van der Waals surface area contributed by atoms with Crippen LogP contribution in [0.25, 0.3) is 0 Å².